The number of carbonyl (C=O) groups is 2. The van der Waals surface area contributed by atoms with Gasteiger partial charge in [0.05, 0.1) is 21.3 Å². The van der Waals surface area contributed by atoms with Gasteiger partial charge in [-0.1, -0.05) is 42.5 Å². The fourth-order valence-corrected chi connectivity index (χ4v) is 3.32. The Labute approximate surface area is 193 Å². The zero-order chi connectivity index (χ0) is 23.6. The molecule has 7 heteroatoms. The van der Waals surface area contributed by atoms with Gasteiger partial charge in [0.15, 0.2) is 18.1 Å². The summed E-state index contributed by atoms with van der Waals surface area (Å²) in [5.41, 5.74) is 3.60. The maximum Gasteiger partial charge on any atom is 0.306 e. The van der Waals surface area contributed by atoms with Gasteiger partial charge in [0, 0.05) is 12.1 Å². The smallest absolute Gasteiger partial charge is 0.306 e. The average molecular weight is 450 g/mol. The fraction of sp³-hybridized carbons (Fsp3) is 0.231. The number of aryl methyl sites for hydroxylation is 1. The zero-order valence-corrected chi connectivity index (χ0v) is 18.9. The quantitative estimate of drug-likeness (QED) is 0.459. The molecular weight excluding hydrogens is 422 g/mol. The van der Waals surface area contributed by atoms with Crippen LogP contribution in [0.15, 0.2) is 66.7 Å². The second-order valence-corrected chi connectivity index (χ2v) is 7.19. The molecule has 3 rings (SSSR count). The molecule has 0 aliphatic carbocycles. The molecule has 33 heavy (non-hydrogen) atoms. The molecule has 0 unspecified atom stereocenters. The summed E-state index contributed by atoms with van der Waals surface area (Å²) in [6.45, 7) is -0.353. The van der Waals surface area contributed by atoms with Crippen LogP contribution in [0.3, 0.4) is 0 Å². The number of hydrogen-bond donors (Lipinski definition) is 1. The normalized spacial score (nSPS) is 10.3. The second kappa shape index (κ2) is 11.6. The monoisotopic (exact) mass is 449 g/mol. The van der Waals surface area contributed by atoms with Crippen LogP contribution in [0.2, 0.25) is 0 Å². The molecule has 7 nitrogen and oxygen atoms in total. The highest BCUT2D eigenvalue weighted by atomic mass is 16.5. The van der Waals surface area contributed by atoms with E-state index in [4.69, 9.17) is 18.9 Å². The Morgan fingerprint density at radius 2 is 1.39 bits per heavy atom. The van der Waals surface area contributed by atoms with E-state index in [1.54, 1.807) is 12.1 Å². The van der Waals surface area contributed by atoms with Crippen LogP contribution in [0.4, 0.5) is 5.69 Å². The van der Waals surface area contributed by atoms with Crippen molar-refractivity contribution in [1.29, 1.82) is 0 Å². The summed E-state index contributed by atoms with van der Waals surface area (Å²) >= 11 is 0. The molecular formula is C26H27NO6. The largest absolute Gasteiger partial charge is 0.493 e. The molecule has 0 aliphatic rings. The van der Waals surface area contributed by atoms with Crippen molar-refractivity contribution in [3.63, 3.8) is 0 Å². The van der Waals surface area contributed by atoms with E-state index in [-0.39, 0.29) is 13.0 Å². The second-order valence-electron chi connectivity index (χ2n) is 7.19. The summed E-state index contributed by atoms with van der Waals surface area (Å²) in [4.78, 5) is 24.3. The number of anilines is 1. The Hall–Kier alpha value is -4.00. The highest BCUT2D eigenvalue weighted by Gasteiger charge is 2.15. The summed E-state index contributed by atoms with van der Waals surface area (Å²) in [7, 11) is 4.59. The molecule has 0 saturated carbocycles. The molecule has 0 aromatic heterocycles. The Kier molecular flexibility index (Phi) is 8.30. The van der Waals surface area contributed by atoms with E-state index in [0.29, 0.717) is 29.4 Å². The van der Waals surface area contributed by atoms with Crippen LogP contribution in [0.5, 0.6) is 17.2 Å². The van der Waals surface area contributed by atoms with Crippen molar-refractivity contribution in [1.82, 2.24) is 0 Å². The molecule has 0 radical (unpaired) electrons. The summed E-state index contributed by atoms with van der Waals surface area (Å²) < 4.78 is 21.0. The molecule has 0 atom stereocenters. The molecule has 0 saturated heterocycles. The van der Waals surface area contributed by atoms with Crippen LogP contribution in [0.1, 0.15) is 12.0 Å². The third kappa shape index (κ3) is 6.49. The highest BCUT2D eigenvalue weighted by Crippen LogP contribution is 2.38. The minimum absolute atomic E-state index is 0.109. The van der Waals surface area contributed by atoms with Gasteiger partial charge >= 0.3 is 5.97 Å². The van der Waals surface area contributed by atoms with E-state index in [1.807, 2.05) is 54.6 Å². The van der Waals surface area contributed by atoms with Crippen molar-refractivity contribution in [2.75, 3.05) is 33.3 Å². The molecule has 1 N–H and O–H groups in total. The van der Waals surface area contributed by atoms with Gasteiger partial charge in [-0.15, -0.1) is 0 Å². The Morgan fingerprint density at radius 3 is 1.97 bits per heavy atom. The predicted molar refractivity (Wildman–Crippen MR) is 126 cm³/mol. The van der Waals surface area contributed by atoms with Crippen molar-refractivity contribution >= 4 is 17.6 Å². The molecule has 0 spiro atoms. The zero-order valence-electron chi connectivity index (χ0n) is 18.9. The van der Waals surface area contributed by atoms with E-state index >= 15 is 0 Å². The lowest BCUT2D eigenvalue weighted by Crippen LogP contribution is -2.21. The van der Waals surface area contributed by atoms with Gasteiger partial charge in [-0.05, 0) is 47.4 Å². The van der Waals surface area contributed by atoms with Gasteiger partial charge in [0.2, 0.25) is 5.75 Å². The molecule has 3 aromatic carbocycles. The molecule has 0 heterocycles. The van der Waals surface area contributed by atoms with E-state index in [0.717, 1.165) is 16.7 Å². The molecule has 3 aromatic rings. The number of benzene rings is 3. The van der Waals surface area contributed by atoms with Gasteiger partial charge in [-0.3, -0.25) is 9.59 Å². The first-order valence-corrected chi connectivity index (χ1v) is 10.4. The number of carbonyl (C=O) groups excluding carboxylic acids is 2. The summed E-state index contributed by atoms with van der Waals surface area (Å²) in [6.07, 6.45) is 0.510. The van der Waals surface area contributed by atoms with Crippen molar-refractivity contribution in [2.45, 2.75) is 12.8 Å². The third-order valence-corrected chi connectivity index (χ3v) is 4.98. The third-order valence-electron chi connectivity index (χ3n) is 4.98. The van der Waals surface area contributed by atoms with Crippen LogP contribution >= 0.6 is 0 Å². The topological polar surface area (TPSA) is 83.1 Å². The lowest BCUT2D eigenvalue weighted by Gasteiger charge is -2.14. The van der Waals surface area contributed by atoms with Crippen molar-refractivity contribution < 1.29 is 28.5 Å². The highest BCUT2D eigenvalue weighted by molar-refractivity contribution is 5.93. The lowest BCUT2D eigenvalue weighted by molar-refractivity contribution is -0.147. The predicted octanol–water partition coefficient (Wildman–Crippen LogP) is 4.49. The number of esters is 1. The van der Waals surface area contributed by atoms with Crippen molar-refractivity contribution in [3.8, 4) is 28.4 Å². The van der Waals surface area contributed by atoms with Crippen LogP contribution in [-0.4, -0.2) is 39.8 Å². The SMILES string of the molecule is COc1cc(CCC(=O)OCC(=O)Nc2ccc(-c3ccccc3)cc2)cc(OC)c1OC. The van der Waals surface area contributed by atoms with Crippen LogP contribution in [0, 0.1) is 0 Å². The number of amides is 1. The Balaban J connectivity index is 1.47. The van der Waals surface area contributed by atoms with Gasteiger partial charge in [-0.25, -0.2) is 0 Å². The minimum Gasteiger partial charge on any atom is -0.493 e. The first kappa shape index (κ1) is 23.7. The Morgan fingerprint density at radius 1 is 0.788 bits per heavy atom. The van der Waals surface area contributed by atoms with Gasteiger partial charge in [0.25, 0.3) is 5.91 Å². The molecule has 172 valence electrons. The number of ether oxygens (including phenoxy) is 4. The number of methoxy groups -OCH3 is 3. The maximum absolute atomic E-state index is 12.1. The number of nitrogens with one attached hydrogen (secondary N) is 1. The summed E-state index contributed by atoms with van der Waals surface area (Å²) in [5, 5.41) is 2.73. The first-order valence-electron chi connectivity index (χ1n) is 10.4. The maximum atomic E-state index is 12.1. The summed E-state index contributed by atoms with van der Waals surface area (Å²) in [6, 6.07) is 21.0. The molecule has 0 aliphatic heterocycles. The Bertz CT molecular complexity index is 1050. The number of rotatable bonds is 10. The van der Waals surface area contributed by atoms with E-state index < -0.39 is 11.9 Å². The summed E-state index contributed by atoms with van der Waals surface area (Å²) in [5.74, 6) is 0.637. The average Bonchev–Trinajstić information content (AvgIpc) is 2.86. The molecule has 0 bridgehead atoms. The lowest BCUT2D eigenvalue weighted by atomic mass is 10.1. The fourth-order valence-electron chi connectivity index (χ4n) is 3.32. The van der Waals surface area contributed by atoms with Crippen LogP contribution in [0.25, 0.3) is 11.1 Å². The number of hydrogen-bond acceptors (Lipinski definition) is 6. The van der Waals surface area contributed by atoms with Gasteiger partial charge in [-0.2, -0.15) is 0 Å². The first-order chi connectivity index (χ1) is 16.0. The van der Waals surface area contributed by atoms with Crippen LogP contribution in [-0.2, 0) is 20.7 Å². The van der Waals surface area contributed by atoms with Crippen LogP contribution < -0.4 is 19.5 Å². The van der Waals surface area contributed by atoms with Gasteiger partial charge < -0.3 is 24.3 Å². The van der Waals surface area contributed by atoms with E-state index in [2.05, 4.69) is 5.32 Å². The standard InChI is InChI=1S/C26H27NO6/c1-30-22-15-18(16-23(31-2)26(22)32-3)9-14-25(29)33-17-24(28)27-21-12-10-20(11-13-21)19-7-5-4-6-8-19/h4-8,10-13,15-16H,9,14,17H2,1-3H3,(H,27,28). The van der Waals surface area contributed by atoms with E-state index in [9.17, 15) is 9.59 Å². The van der Waals surface area contributed by atoms with Gasteiger partial charge in [0.1, 0.15) is 0 Å². The van der Waals surface area contributed by atoms with E-state index in [1.165, 1.54) is 21.3 Å². The minimum atomic E-state index is -0.474. The van der Waals surface area contributed by atoms with Crippen molar-refractivity contribution in [2.24, 2.45) is 0 Å². The molecule has 0 fully saturated rings. The van der Waals surface area contributed by atoms with Crippen molar-refractivity contribution in [3.05, 3.63) is 72.3 Å². The molecule has 1 amide bonds.